The van der Waals surface area contributed by atoms with E-state index in [1.54, 1.807) is 20.3 Å². The van der Waals surface area contributed by atoms with Crippen molar-refractivity contribution in [2.45, 2.75) is 50.5 Å². The lowest BCUT2D eigenvalue weighted by Crippen LogP contribution is -2.31. The van der Waals surface area contributed by atoms with Gasteiger partial charge in [0.1, 0.15) is 0 Å². The molecule has 0 atom stereocenters. The Morgan fingerprint density at radius 3 is 2.21 bits per heavy atom. The van der Waals surface area contributed by atoms with E-state index in [-0.39, 0.29) is 0 Å². The van der Waals surface area contributed by atoms with Gasteiger partial charge >= 0.3 is 0 Å². The minimum atomic E-state index is -3.28. The number of fused-ring (bicyclic) bond motifs is 1. The smallest absolute Gasteiger partial charge is 0.229 e. The van der Waals surface area contributed by atoms with E-state index in [9.17, 15) is 13.5 Å². The van der Waals surface area contributed by atoms with E-state index in [0.717, 1.165) is 81.4 Å². The van der Waals surface area contributed by atoms with Crippen molar-refractivity contribution in [1.82, 2.24) is 4.90 Å². The van der Waals surface area contributed by atoms with E-state index in [2.05, 4.69) is 16.7 Å². The zero-order valence-electron chi connectivity index (χ0n) is 20.8. The van der Waals surface area contributed by atoms with Crippen LogP contribution >= 0.6 is 0 Å². The van der Waals surface area contributed by atoms with E-state index in [1.807, 2.05) is 30.3 Å². The fourth-order valence-electron chi connectivity index (χ4n) is 4.65. The van der Waals surface area contributed by atoms with Gasteiger partial charge in [-0.15, -0.1) is 0 Å². The minimum absolute atomic E-state index is 0.592. The number of hydrogen-bond acceptors (Lipinski definition) is 6. The van der Waals surface area contributed by atoms with Gasteiger partial charge in [0.2, 0.25) is 10.0 Å². The highest BCUT2D eigenvalue weighted by Gasteiger charge is 2.30. The number of aliphatic hydroxyl groups is 1. The van der Waals surface area contributed by atoms with Gasteiger partial charge in [0.15, 0.2) is 11.5 Å². The Bertz CT molecular complexity index is 1040. The average molecular weight is 491 g/mol. The Morgan fingerprint density at radius 2 is 1.65 bits per heavy atom. The number of nitrogens with zero attached hydrogens (tertiary/aromatic N) is 1. The summed E-state index contributed by atoms with van der Waals surface area (Å²) in [6, 6.07) is 11.6. The molecule has 0 saturated carbocycles. The Labute approximate surface area is 204 Å². The second-order valence-electron chi connectivity index (χ2n) is 9.43. The topological polar surface area (TPSA) is 88.1 Å². The summed E-state index contributed by atoms with van der Waals surface area (Å²) in [4.78, 5) is 2.27. The molecular weight excluding hydrogens is 452 g/mol. The molecule has 7 nitrogen and oxygen atoms in total. The summed E-state index contributed by atoms with van der Waals surface area (Å²) in [6.45, 7) is 1.77. The Balaban J connectivity index is 1.47. The van der Waals surface area contributed by atoms with Gasteiger partial charge in [0.05, 0.1) is 26.1 Å². The third kappa shape index (κ3) is 7.61. The first kappa shape index (κ1) is 26.3. The summed E-state index contributed by atoms with van der Waals surface area (Å²) in [5.74, 6) is 1.48. The molecule has 0 saturated heterocycles. The third-order valence-electron chi connectivity index (χ3n) is 6.62. The summed E-state index contributed by atoms with van der Waals surface area (Å²) in [6.07, 6.45) is 6.85. The van der Waals surface area contributed by atoms with Crippen LogP contribution in [0.3, 0.4) is 0 Å². The lowest BCUT2D eigenvalue weighted by molar-refractivity contribution is 0.0135. The quantitative estimate of drug-likeness (QED) is 0.468. The fraction of sp³-hybridized carbons (Fsp3) is 0.538. The van der Waals surface area contributed by atoms with Crippen LogP contribution in [0.5, 0.6) is 11.5 Å². The molecule has 0 aliphatic heterocycles. The lowest BCUT2D eigenvalue weighted by Gasteiger charge is -2.27. The normalized spacial score (nSPS) is 15.5. The number of ether oxygens (including phenoxy) is 2. The summed E-state index contributed by atoms with van der Waals surface area (Å²) >= 11 is 0. The first-order valence-corrected chi connectivity index (χ1v) is 13.7. The second kappa shape index (κ2) is 11.4. The van der Waals surface area contributed by atoms with Crippen LogP contribution in [0.4, 0.5) is 5.69 Å². The van der Waals surface area contributed by atoms with Gasteiger partial charge in [-0.1, -0.05) is 12.1 Å². The molecule has 0 fully saturated rings. The number of sulfonamides is 1. The largest absolute Gasteiger partial charge is 0.493 e. The SMILES string of the molecule is COc1cc2c(cc1OC)CCC(O)(CCCN(C)CCc1cccc(NS(C)(=O)=O)c1)CC2. The Hall–Kier alpha value is -2.29. The molecule has 2 aromatic rings. The summed E-state index contributed by atoms with van der Waals surface area (Å²) in [7, 11) is 2.11. The van der Waals surface area contributed by atoms with Crippen LogP contribution in [0, 0.1) is 0 Å². The van der Waals surface area contributed by atoms with E-state index < -0.39 is 15.6 Å². The highest BCUT2D eigenvalue weighted by Crippen LogP contribution is 2.37. The van der Waals surface area contributed by atoms with Crippen molar-refractivity contribution in [1.29, 1.82) is 0 Å². The molecule has 1 aliphatic carbocycles. The molecule has 0 heterocycles. The zero-order valence-corrected chi connectivity index (χ0v) is 21.6. The predicted molar refractivity (Wildman–Crippen MR) is 136 cm³/mol. The molecule has 3 rings (SSSR count). The number of rotatable bonds is 11. The van der Waals surface area contributed by atoms with Crippen LogP contribution in [0.2, 0.25) is 0 Å². The number of methoxy groups -OCH3 is 2. The van der Waals surface area contributed by atoms with Crippen LogP contribution in [0.15, 0.2) is 36.4 Å². The average Bonchev–Trinajstić information content (AvgIpc) is 2.94. The lowest BCUT2D eigenvalue weighted by atomic mass is 9.89. The first-order chi connectivity index (χ1) is 16.1. The van der Waals surface area contributed by atoms with Gasteiger partial charge in [0, 0.05) is 12.2 Å². The van der Waals surface area contributed by atoms with Gasteiger partial charge in [-0.25, -0.2) is 8.42 Å². The van der Waals surface area contributed by atoms with E-state index in [0.29, 0.717) is 5.69 Å². The van der Waals surface area contributed by atoms with Crippen LogP contribution in [0.25, 0.3) is 0 Å². The molecule has 0 aromatic heterocycles. The third-order valence-corrected chi connectivity index (χ3v) is 7.23. The molecule has 0 radical (unpaired) electrons. The molecule has 188 valence electrons. The molecule has 8 heteroatoms. The van der Waals surface area contributed by atoms with Gasteiger partial charge < -0.3 is 19.5 Å². The number of benzene rings is 2. The Morgan fingerprint density at radius 1 is 1.03 bits per heavy atom. The van der Waals surface area contributed by atoms with Crippen molar-refractivity contribution in [2.75, 3.05) is 45.3 Å². The maximum absolute atomic E-state index is 11.4. The summed E-state index contributed by atoms with van der Waals surface area (Å²) in [5.41, 5.74) is 3.49. The van der Waals surface area contributed by atoms with E-state index in [4.69, 9.17) is 9.47 Å². The molecule has 1 aliphatic rings. The molecule has 0 amide bonds. The van der Waals surface area contributed by atoms with Gasteiger partial charge in [-0.3, -0.25) is 4.72 Å². The van der Waals surface area contributed by atoms with Crippen molar-refractivity contribution in [3.05, 3.63) is 53.1 Å². The Kier molecular flexibility index (Phi) is 8.84. The number of anilines is 1. The predicted octanol–water partition coefficient (Wildman–Crippen LogP) is 3.64. The van der Waals surface area contributed by atoms with Gasteiger partial charge in [-0.05, 0) is 99.5 Å². The standard InChI is InChI=1S/C26H38N2O5S/c1-28(16-11-20-7-5-8-23(17-20)27-34(4,30)31)15-6-12-26(29)13-9-21-18-24(32-2)25(33-3)19-22(21)10-14-26/h5,7-8,17-19,27,29H,6,9-16H2,1-4H3. The number of likely N-dealkylation sites (N-methyl/N-ethyl adjacent to an activating group) is 1. The molecule has 2 aromatic carbocycles. The number of aryl methyl sites for hydroxylation is 2. The first-order valence-electron chi connectivity index (χ1n) is 11.8. The van der Waals surface area contributed by atoms with E-state index in [1.165, 1.54) is 11.1 Å². The zero-order chi connectivity index (χ0) is 24.8. The second-order valence-corrected chi connectivity index (χ2v) is 11.2. The van der Waals surface area contributed by atoms with Crippen LogP contribution in [0.1, 0.15) is 42.4 Å². The summed E-state index contributed by atoms with van der Waals surface area (Å²) < 4.78 is 36.3. The van der Waals surface area contributed by atoms with Gasteiger partial charge in [0.25, 0.3) is 0 Å². The van der Waals surface area contributed by atoms with E-state index >= 15 is 0 Å². The molecular formula is C26H38N2O5S. The monoisotopic (exact) mass is 490 g/mol. The van der Waals surface area contributed by atoms with Crippen LogP contribution < -0.4 is 14.2 Å². The molecule has 0 unspecified atom stereocenters. The molecule has 34 heavy (non-hydrogen) atoms. The molecule has 2 N–H and O–H groups in total. The van der Waals surface area contributed by atoms with Crippen molar-refractivity contribution >= 4 is 15.7 Å². The number of nitrogens with one attached hydrogen (secondary N) is 1. The highest BCUT2D eigenvalue weighted by atomic mass is 32.2. The summed E-state index contributed by atoms with van der Waals surface area (Å²) in [5, 5.41) is 11.3. The van der Waals surface area contributed by atoms with Crippen molar-refractivity contribution in [3.63, 3.8) is 0 Å². The molecule has 0 bridgehead atoms. The van der Waals surface area contributed by atoms with Crippen molar-refractivity contribution < 1.29 is 23.0 Å². The van der Waals surface area contributed by atoms with Crippen LogP contribution in [-0.4, -0.2) is 64.6 Å². The maximum Gasteiger partial charge on any atom is 0.229 e. The minimum Gasteiger partial charge on any atom is -0.493 e. The maximum atomic E-state index is 11.4. The van der Waals surface area contributed by atoms with Crippen molar-refractivity contribution in [2.24, 2.45) is 0 Å². The van der Waals surface area contributed by atoms with Gasteiger partial charge in [-0.2, -0.15) is 0 Å². The fourth-order valence-corrected chi connectivity index (χ4v) is 5.21. The van der Waals surface area contributed by atoms with Crippen molar-refractivity contribution in [3.8, 4) is 11.5 Å². The molecule has 0 spiro atoms. The highest BCUT2D eigenvalue weighted by molar-refractivity contribution is 7.92. The number of hydrogen-bond donors (Lipinski definition) is 2. The van der Waals surface area contributed by atoms with Crippen LogP contribution in [-0.2, 0) is 29.3 Å².